The molecule has 0 bridgehead atoms. The SMILES string of the molecule is COC(=O)CCCc1nc(CNC2(c3ccc(Cl)cc3)CCOCC2)no1. The van der Waals surface area contributed by atoms with Crippen molar-refractivity contribution in [1.82, 2.24) is 15.5 Å². The first-order chi connectivity index (χ1) is 13.1. The number of ether oxygens (including phenoxy) is 2. The van der Waals surface area contributed by atoms with Gasteiger partial charge in [0.05, 0.1) is 13.7 Å². The van der Waals surface area contributed by atoms with E-state index in [2.05, 4.69) is 32.3 Å². The molecule has 0 unspecified atom stereocenters. The second-order valence-electron chi connectivity index (χ2n) is 6.59. The van der Waals surface area contributed by atoms with Crippen LogP contribution in [-0.4, -0.2) is 36.4 Å². The topological polar surface area (TPSA) is 86.5 Å². The van der Waals surface area contributed by atoms with Gasteiger partial charge in [0.2, 0.25) is 5.89 Å². The Bertz CT molecular complexity index is 742. The molecule has 146 valence electrons. The summed E-state index contributed by atoms with van der Waals surface area (Å²) in [5.74, 6) is 0.895. The van der Waals surface area contributed by atoms with Crippen molar-refractivity contribution in [2.45, 2.75) is 44.2 Å². The predicted molar refractivity (Wildman–Crippen MR) is 99.3 cm³/mol. The number of carbonyl (C=O) groups is 1. The summed E-state index contributed by atoms with van der Waals surface area (Å²) in [6, 6.07) is 7.91. The minimum Gasteiger partial charge on any atom is -0.469 e. The van der Waals surface area contributed by atoms with Gasteiger partial charge < -0.3 is 14.0 Å². The van der Waals surface area contributed by atoms with E-state index < -0.39 is 0 Å². The molecule has 0 amide bonds. The van der Waals surface area contributed by atoms with Gasteiger partial charge in [-0.15, -0.1) is 0 Å². The average Bonchev–Trinajstić information content (AvgIpc) is 3.15. The van der Waals surface area contributed by atoms with E-state index in [-0.39, 0.29) is 11.5 Å². The zero-order chi connectivity index (χ0) is 19.1. The standard InChI is InChI=1S/C19H24ClN3O4/c1-25-18(24)4-2-3-17-22-16(23-27-17)13-21-19(9-11-26-12-10-19)14-5-7-15(20)8-6-14/h5-8,21H,2-4,9-13H2,1H3. The van der Waals surface area contributed by atoms with Crippen molar-refractivity contribution < 1.29 is 18.8 Å². The molecular weight excluding hydrogens is 370 g/mol. The largest absolute Gasteiger partial charge is 0.469 e. The van der Waals surface area contributed by atoms with E-state index in [9.17, 15) is 4.79 Å². The van der Waals surface area contributed by atoms with Crippen molar-refractivity contribution in [2.75, 3.05) is 20.3 Å². The predicted octanol–water partition coefficient (Wildman–Crippen LogP) is 3.01. The van der Waals surface area contributed by atoms with Crippen LogP contribution < -0.4 is 5.32 Å². The van der Waals surface area contributed by atoms with E-state index >= 15 is 0 Å². The maximum atomic E-state index is 11.2. The lowest BCUT2D eigenvalue weighted by Crippen LogP contribution is -2.46. The number of aryl methyl sites for hydroxylation is 1. The number of aromatic nitrogens is 2. The van der Waals surface area contributed by atoms with Gasteiger partial charge in [-0.3, -0.25) is 10.1 Å². The average molecular weight is 394 g/mol. The molecule has 1 saturated heterocycles. The first-order valence-electron chi connectivity index (χ1n) is 9.08. The van der Waals surface area contributed by atoms with E-state index in [4.69, 9.17) is 20.9 Å². The van der Waals surface area contributed by atoms with E-state index in [1.54, 1.807) is 0 Å². The van der Waals surface area contributed by atoms with Crippen LogP contribution in [0.5, 0.6) is 0 Å². The summed E-state index contributed by atoms with van der Waals surface area (Å²) < 4.78 is 15.4. The number of methoxy groups -OCH3 is 1. The monoisotopic (exact) mass is 393 g/mol. The number of hydrogen-bond acceptors (Lipinski definition) is 7. The van der Waals surface area contributed by atoms with Crippen LogP contribution in [0.25, 0.3) is 0 Å². The van der Waals surface area contributed by atoms with Gasteiger partial charge in [0, 0.05) is 36.6 Å². The van der Waals surface area contributed by atoms with Crippen LogP contribution in [0.1, 0.15) is 43.0 Å². The molecule has 7 nitrogen and oxygen atoms in total. The minimum atomic E-state index is -0.235. The Labute approximate surface area is 163 Å². The van der Waals surface area contributed by atoms with Crippen molar-refractivity contribution in [1.29, 1.82) is 0 Å². The highest BCUT2D eigenvalue weighted by atomic mass is 35.5. The third-order valence-corrected chi connectivity index (χ3v) is 5.09. The number of esters is 1. The lowest BCUT2D eigenvalue weighted by molar-refractivity contribution is -0.140. The summed E-state index contributed by atoms with van der Waals surface area (Å²) >= 11 is 6.04. The van der Waals surface area contributed by atoms with E-state index in [0.717, 1.165) is 17.9 Å². The molecular formula is C19H24ClN3O4. The Hall–Kier alpha value is -1.96. The van der Waals surface area contributed by atoms with Crippen LogP contribution >= 0.6 is 11.6 Å². The van der Waals surface area contributed by atoms with Crippen molar-refractivity contribution in [3.8, 4) is 0 Å². The molecule has 1 aliphatic rings. The fraction of sp³-hybridized carbons (Fsp3) is 0.526. The number of benzene rings is 1. The van der Waals surface area contributed by atoms with Crippen molar-refractivity contribution in [3.05, 3.63) is 46.6 Å². The highest BCUT2D eigenvalue weighted by Crippen LogP contribution is 2.33. The van der Waals surface area contributed by atoms with Gasteiger partial charge in [0.1, 0.15) is 0 Å². The molecule has 0 atom stereocenters. The first kappa shape index (κ1) is 19.8. The fourth-order valence-electron chi connectivity index (χ4n) is 3.25. The van der Waals surface area contributed by atoms with Crippen molar-refractivity contribution in [2.24, 2.45) is 0 Å². The molecule has 0 spiro atoms. The van der Waals surface area contributed by atoms with Gasteiger partial charge in [0.25, 0.3) is 0 Å². The number of halogens is 1. The number of carbonyl (C=O) groups excluding carboxylic acids is 1. The second kappa shape index (κ2) is 9.30. The van der Waals surface area contributed by atoms with Gasteiger partial charge in [0.15, 0.2) is 5.82 Å². The summed E-state index contributed by atoms with van der Waals surface area (Å²) in [6.07, 6.45) is 3.23. The number of rotatable bonds is 8. The number of nitrogens with zero attached hydrogens (tertiary/aromatic N) is 2. The molecule has 0 radical (unpaired) electrons. The Morgan fingerprint density at radius 3 is 2.74 bits per heavy atom. The van der Waals surface area contributed by atoms with Crippen LogP contribution in [0.3, 0.4) is 0 Å². The molecule has 8 heteroatoms. The molecule has 0 saturated carbocycles. The highest BCUT2D eigenvalue weighted by Gasteiger charge is 2.34. The molecule has 2 heterocycles. The minimum absolute atomic E-state index is 0.200. The maximum absolute atomic E-state index is 11.2. The summed E-state index contributed by atoms with van der Waals surface area (Å²) in [5, 5.41) is 8.36. The van der Waals surface area contributed by atoms with Crippen LogP contribution in [0, 0.1) is 0 Å². The molecule has 1 fully saturated rings. The molecule has 3 rings (SSSR count). The fourth-order valence-corrected chi connectivity index (χ4v) is 3.38. The molecule has 1 N–H and O–H groups in total. The zero-order valence-electron chi connectivity index (χ0n) is 15.4. The van der Waals surface area contributed by atoms with E-state index in [0.29, 0.717) is 50.7 Å². The Balaban J connectivity index is 1.61. The Kier molecular flexibility index (Phi) is 6.82. The summed E-state index contributed by atoms with van der Waals surface area (Å²) in [4.78, 5) is 15.6. The van der Waals surface area contributed by atoms with E-state index in [1.807, 2.05) is 12.1 Å². The van der Waals surface area contributed by atoms with Crippen LogP contribution in [0.4, 0.5) is 0 Å². The summed E-state index contributed by atoms with van der Waals surface area (Å²) in [5.41, 5.74) is 0.978. The van der Waals surface area contributed by atoms with E-state index in [1.165, 1.54) is 12.7 Å². The van der Waals surface area contributed by atoms with Crippen LogP contribution in [-0.2, 0) is 32.8 Å². The molecule has 0 aliphatic carbocycles. The molecule has 2 aromatic rings. The smallest absolute Gasteiger partial charge is 0.305 e. The Morgan fingerprint density at radius 2 is 2.04 bits per heavy atom. The maximum Gasteiger partial charge on any atom is 0.305 e. The van der Waals surface area contributed by atoms with Gasteiger partial charge >= 0.3 is 5.97 Å². The van der Waals surface area contributed by atoms with Crippen LogP contribution in [0.15, 0.2) is 28.8 Å². The van der Waals surface area contributed by atoms with Gasteiger partial charge in [-0.25, -0.2) is 0 Å². The zero-order valence-corrected chi connectivity index (χ0v) is 16.1. The third-order valence-electron chi connectivity index (χ3n) is 4.84. The first-order valence-corrected chi connectivity index (χ1v) is 9.46. The van der Waals surface area contributed by atoms with Gasteiger partial charge in [-0.2, -0.15) is 4.98 Å². The number of nitrogens with one attached hydrogen (secondary N) is 1. The second-order valence-corrected chi connectivity index (χ2v) is 7.03. The molecule has 1 aromatic heterocycles. The molecule has 1 aromatic carbocycles. The van der Waals surface area contributed by atoms with Gasteiger partial charge in [-0.1, -0.05) is 28.9 Å². The Morgan fingerprint density at radius 1 is 1.30 bits per heavy atom. The molecule has 27 heavy (non-hydrogen) atoms. The van der Waals surface area contributed by atoms with Crippen molar-refractivity contribution in [3.63, 3.8) is 0 Å². The third kappa shape index (κ3) is 5.28. The van der Waals surface area contributed by atoms with Crippen molar-refractivity contribution >= 4 is 17.6 Å². The normalized spacial score (nSPS) is 16.2. The lowest BCUT2D eigenvalue weighted by atomic mass is 9.82. The summed E-state index contributed by atoms with van der Waals surface area (Å²) in [6.45, 7) is 1.88. The quantitative estimate of drug-likeness (QED) is 0.690. The van der Waals surface area contributed by atoms with Gasteiger partial charge in [-0.05, 0) is 37.0 Å². The molecule has 1 aliphatic heterocycles. The number of hydrogen-bond donors (Lipinski definition) is 1. The van der Waals surface area contributed by atoms with Crippen LogP contribution in [0.2, 0.25) is 5.02 Å². The summed E-state index contributed by atoms with van der Waals surface area (Å²) in [7, 11) is 1.38. The highest BCUT2D eigenvalue weighted by molar-refractivity contribution is 6.30. The lowest BCUT2D eigenvalue weighted by Gasteiger charge is -2.38.